The lowest BCUT2D eigenvalue weighted by atomic mass is 9.77. The van der Waals surface area contributed by atoms with Crippen molar-refractivity contribution in [3.05, 3.63) is 64.7 Å². The van der Waals surface area contributed by atoms with Crippen molar-refractivity contribution in [3.63, 3.8) is 0 Å². The monoisotopic (exact) mass is 370 g/mol. The fourth-order valence-electron chi connectivity index (χ4n) is 3.37. The normalized spacial score (nSPS) is 19.5. The number of benzene rings is 2. The third-order valence-electron chi connectivity index (χ3n) is 5.71. The van der Waals surface area contributed by atoms with E-state index in [0.717, 1.165) is 23.3 Å². The summed E-state index contributed by atoms with van der Waals surface area (Å²) in [6.45, 7) is 10.6. The van der Waals surface area contributed by atoms with Crippen LogP contribution in [0.25, 0.3) is 0 Å². The molecule has 0 radical (unpaired) electrons. The van der Waals surface area contributed by atoms with E-state index in [1.54, 1.807) is 0 Å². The standard InChI is InChI=1S/C22H28BClO2/c1-6-7-20(17-10-14-19(24)15-11-17)16-8-12-18(13-9-16)23-25-21(2,3)22(4,5)26-23/h8-15,20H,6-7H2,1-5H3. The molecule has 1 aliphatic rings. The van der Waals surface area contributed by atoms with Gasteiger partial charge < -0.3 is 9.31 Å². The molecular formula is C22H28BClO2. The zero-order valence-corrected chi connectivity index (χ0v) is 17.1. The van der Waals surface area contributed by atoms with Crippen LogP contribution in [0.3, 0.4) is 0 Å². The summed E-state index contributed by atoms with van der Waals surface area (Å²) in [7, 11) is -0.311. The molecule has 1 aliphatic heterocycles. The highest BCUT2D eigenvalue weighted by Crippen LogP contribution is 2.36. The van der Waals surface area contributed by atoms with Crippen molar-refractivity contribution in [1.82, 2.24) is 0 Å². The van der Waals surface area contributed by atoms with Crippen LogP contribution < -0.4 is 5.46 Å². The van der Waals surface area contributed by atoms with Gasteiger partial charge in [0, 0.05) is 10.9 Å². The molecule has 4 heteroatoms. The molecule has 26 heavy (non-hydrogen) atoms. The van der Waals surface area contributed by atoms with Crippen LogP contribution in [-0.4, -0.2) is 18.3 Å². The van der Waals surface area contributed by atoms with Crippen LogP contribution in [0.5, 0.6) is 0 Å². The van der Waals surface area contributed by atoms with E-state index >= 15 is 0 Å². The lowest BCUT2D eigenvalue weighted by Gasteiger charge is -2.32. The maximum atomic E-state index is 6.16. The van der Waals surface area contributed by atoms with Gasteiger partial charge in [0.15, 0.2) is 0 Å². The molecule has 2 aromatic carbocycles. The van der Waals surface area contributed by atoms with Gasteiger partial charge in [-0.15, -0.1) is 0 Å². The van der Waals surface area contributed by atoms with Gasteiger partial charge in [-0.3, -0.25) is 0 Å². The van der Waals surface area contributed by atoms with Gasteiger partial charge in [-0.2, -0.15) is 0 Å². The van der Waals surface area contributed by atoms with E-state index < -0.39 is 0 Å². The zero-order valence-electron chi connectivity index (χ0n) is 16.4. The van der Waals surface area contributed by atoms with E-state index in [-0.39, 0.29) is 18.3 Å². The second kappa shape index (κ2) is 7.38. The van der Waals surface area contributed by atoms with Crippen molar-refractivity contribution < 1.29 is 9.31 Å². The predicted octanol–water partition coefficient (Wildman–Crippen LogP) is 5.57. The molecule has 1 atom stereocenters. The quantitative estimate of drug-likeness (QED) is 0.640. The molecule has 1 heterocycles. The Morgan fingerprint density at radius 3 is 1.77 bits per heavy atom. The number of rotatable bonds is 5. The van der Waals surface area contributed by atoms with Crippen molar-refractivity contribution in [2.24, 2.45) is 0 Å². The second-order valence-electron chi connectivity index (χ2n) is 8.15. The highest BCUT2D eigenvalue weighted by molar-refractivity contribution is 6.62. The molecule has 138 valence electrons. The smallest absolute Gasteiger partial charge is 0.399 e. The predicted molar refractivity (Wildman–Crippen MR) is 110 cm³/mol. The molecule has 0 saturated carbocycles. The molecule has 0 bridgehead atoms. The fraction of sp³-hybridized carbons (Fsp3) is 0.455. The average molecular weight is 371 g/mol. The molecule has 0 spiro atoms. The van der Waals surface area contributed by atoms with Gasteiger partial charge in [0.2, 0.25) is 0 Å². The third kappa shape index (κ3) is 3.85. The zero-order chi connectivity index (χ0) is 18.9. The summed E-state index contributed by atoms with van der Waals surface area (Å²) in [6, 6.07) is 16.9. The fourth-order valence-corrected chi connectivity index (χ4v) is 3.50. The molecule has 0 N–H and O–H groups in total. The molecule has 0 aliphatic carbocycles. The van der Waals surface area contributed by atoms with Gasteiger partial charge in [0.25, 0.3) is 0 Å². The van der Waals surface area contributed by atoms with E-state index in [1.807, 2.05) is 12.1 Å². The van der Waals surface area contributed by atoms with E-state index in [4.69, 9.17) is 20.9 Å². The van der Waals surface area contributed by atoms with Crippen molar-refractivity contribution in [2.75, 3.05) is 0 Å². The summed E-state index contributed by atoms with van der Waals surface area (Å²) in [5.41, 5.74) is 3.06. The Morgan fingerprint density at radius 2 is 1.31 bits per heavy atom. The van der Waals surface area contributed by atoms with Crippen molar-refractivity contribution in [2.45, 2.75) is 64.6 Å². The molecular weight excluding hydrogens is 343 g/mol. The minimum absolute atomic E-state index is 0.311. The summed E-state index contributed by atoms with van der Waals surface area (Å²) in [5, 5.41) is 0.778. The number of hydrogen-bond acceptors (Lipinski definition) is 2. The summed E-state index contributed by atoms with van der Waals surface area (Å²) >= 11 is 6.05. The van der Waals surface area contributed by atoms with E-state index in [2.05, 4.69) is 71.0 Å². The molecule has 1 fully saturated rings. The Bertz CT molecular complexity index is 722. The third-order valence-corrected chi connectivity index (χ3v) is 5.97. The van der Waals surface area contributed by atoms with E-state index in [9.17, 15) is 0 Å². The van der Waals surface area contributed by atoms with E-state index in [1.165, 1.54) is 11.1 Å². The van der Waals surface area contributed by atoms with Crippen LogP contribution in [0.15, 0.2) is 48.5 Å². The first kappa shape index (κ1) is 19.5. The lowest BCUT2D eigenvalue weighted by molar-refractivity contribution is 0.00578. The van der Waals surface area contributed by atoms with Crippen LogP contribution in [0.4, 0.5) is 0 Å². The van der Waals surface area contributed by atoms with Crippen molar-refractivity contribution >= 4 is 24.2 Å². The molecule has 1 saturated heterocycles. The molecule has 2 aromatic rings. The van der Waals surface area contributed by atoms with E-state index in [0.29, 0.717) is 5.92 Å². The summed E-state index contributed by atoms with van der Waals surface area (Å²) < 4.78 is 12.3. The highest BCUT2D eigenvalue weighted by Gasteiger charge is 2.51. The van der Waals surface area contributed by atoms with Gasteiger partial charge >= 0.3 is 7.12 Å². The summed E-state index contributed by atoms with van der Waals surface area (Å²) in [5.74, 6) is 0.379. The van der Waals surface area contributed by atoms with Gasteiger partial charge in [0.1, 0.15) is 0 Å². The lowest BCUT2D eigenvalue weighted by Crippen LogP contribution is -2.41. The van der Waals surface area contributed by atoms with Crippen molar-refractivity contribution in [1.29, 1.82) is 0 Å². The van der Waals surface area contributed by atoms with Gasteiger partial charge in [-0.1, -0.05) is 61.3 Å². The maximum absolute atomic E-state index is 6.16. The van der Waals surface area contributed by atoms with Crippen LogP contribution in [0.2, 0.25) is 5.02 Å². The minimum atomic E-state index is -0.315. The van der Waals surface area contributed by atoms with Gasteiger partial charge in [-0.05, 0) is 62.8 Å². The Labute approximate surface area is 163 Å². The van der Waals surface area contributed by atoms with Crippen LogP contribution in [0, 0.1) is 0 Å². The molecule has 3 rings (SSSR count). The molecule has 2 nitrogen and oxygen atoms in total. The largest absolute Gasteiger partial charge is 0.494 e. The average Bonchev–Trinajstić information content (AvgIpc) is 2.82. The van der Waals surface area contributed by atoms with Crippen molar-refractivity contribution in [3.8, 4) is 0 Å². The Kier molecular flexibility index (Phi) is 5.53. The molecule has 0 aromatic heterocycles. The highest BCUT2D eigenvalue weighted by atomic mass is 35.5. The first-order valence-electron chi connectivity index (χ1n) is 9.44. The Morgan fingerprint density at radius 1 is 0.846 bits per heavy atom. The number of hydrogen-bond donors (Lipinski definition) is 0. The van der Waals surface area contributed by atoms with Gasteiger partial charge in [-0.25, -0.2) is 0 Å². The maximum Gasteiger partial charge on any atom is 0.494 e. The summed E-state index contributed by atoms with van der Waals surface area (Å²) in [6.07, 6.45) is 2.24. The Balaban J connectivity index is 1.83. The van der Waals surface area contributed by atoms with Crippen LogP contribution in [0.1, 0.15) is 64.5 Å². The SMILES string of the molecule is CCCC(c1ccc(Cl)cc1)c1ccc(B2OC(C)(C)C(C)(C)O2)cc1. The second-order valence-corrected chi connectivity index (χ2v) is 8.58. The van der Waals surface area contributed by atoms with Crippen LogP contribution in [-0.2, 0) is 9.31 Å². The Hall–Kier alpha value is -1.29. The molecule has 0 amide bonds. The number of halogens is 1. The first-order chi connectivity index (χ1) is 12.2. The molecule has 1 unspecified atom stereocenters. The topological polar surface area (TPSA) is 18.5 Å². The first-order valence-corrected chi connectivity index (χ1v) is 9.82. The summed E-state index contributed by atoms with van der Waals surface area (Å²) in [4.78, 5) is 0. The van der Waals surface area contributed by atoms with Gasteiger partial charge in [0.05, 0.1) is 11.2 Å². The minimum Gasteiger partial charge on any atom is -0.399 e. The van der Waals surface area contributed by atoms with Crippen LogP contribution >= 0.6 is 11.6 Å².